The average Bonchev–Trinajstić information content (AvgIpc) is 2.16. The molecule has 0 aromatic heterocycles. The van der Waals surface area contributed by atoms with Gasteiger partial charge in [-0.3, -0.25) is 0 Å². The van der Waals surface area contributed by atoms with Crippen LogP contribution in [-0.4, -0.2) is 57.7 Å². The summed E-state index contributed by atoms with van der Waals surface area (Å²) in [5.41, 5.74) is 11.0. The highest BCUT2D eigenvalue weighted by atomic mass is 16.3. The maximum absolute atomic E-state index is 9.66. The minimum Gasteiger partial charge on any atom is -0.389 e. The minimum atomic E-state index is -1.07. The monoisotopic (exact) mass is 202 g/mol. The van der Waals surface area contributed by atoms with Crippen molar-refractivity contribution in [3.63, 3.8) is 0 Å². The van der Waals surface area contributed by atoms with E-state index in [1.165, 1.54) is 0 Å². The van der Waals surface area contributed by atoms with Crippen molar-refractivity contribution < 1.29 is 15.3 Å². The summed E-state index contributed by atoms with van der Waals surface area (Å²) in [4.78, 5) is 3.84. The first-order valence-corrected chi connectivity index (χ1v) is 4.42. The second-order valence-corrected chi connectivity index (χ2v) is 3.72. The van der Waals surface area contributed by atoms with Crippen molar-refractivity contribution in [1.29, 1.82) is 0 Å². The van der Waals surface area contributed by atoms with E-state index in [-0.39, 0.29) is 5.96 Å². The van der Waals surface area contributed by atoms with Gasteiger partial charge in [-0.1, -0.05) is 0 Å². The molecule has 0 saturated heterocycles. The number of rotatable bonds is 0. The van der Waals surface area contributed by atoms with Gasteiger partial charge in [-0.15, -0.1) is 0 Å². The molecule has 0 aromatic rings. The zero-order chi connectivity index (χ0) is 10.5. The Kier molecular flexibility index (Phi) is 2.11. The molecule has 80 valence electrons. The van der Waals surface area contributed by atoms with Gasteiger partial charge in [0.25, 0.3) is 0 Å². The molecule has 2 aliphatic rings. The van der Waals surface area contributed by atoms with Crippen molar-refractivity contribution in [1.82, 2.24) is 5.32 Å². The van der Waals surface area contributed by atoms with Crippen molar-refractivity contribution in [2.75, 3.05) is 0 Å². The number of aliphatic imine (C=N–C) groups is 1. The van der Waals surface area contributed by atoms with Gasteiger partial charge in [0.05, 0.1) is 24.3 Å². The number of aliphatic hydroxyl groups excluding tert-OH is 3. The molecule has 1 fully saturated rings. The number of nitrogens with two attached hydrogens (primary N) is 2. The number of aliphatic hydroxyl groups is 3. The first kappa shape index (κ1) is 9.66. The molecule has 0 amide bonds. The van der Waals surface area contributed by atoms with Crippen LogP contribution in [0.3, 0.4) is 0 Å². The molecule has 1 aliphatic heterocycles. The van der Waals surface area contributed by atoms with E-state index in [0.717, 1.165) is 0 Å². The van der Waals surface area contributed by atoms with Gasteiger partial charge < -0.3 is 32.1 Å². The van der Waals surface area contributed by atoms with Crippen molar-refractivity contribution in [3.8, 4) is 0 Å². The van der Waals surface area contributed by atoms with Crippen molar-refractivity contribution >= 4 is 5.96 Å². The van der Waals surface area contributed by atoms with E-state index in [0.29, 0.717) is 0 Å². The second kappa shape index (κ2) is 3.06. The molecular formula is C7H14N4O3. The summed E-state index contributed by atoms with van der Waals surface area (Å²) in [6.45, 7) is 0. The fourth-order valence-electron chi connectivity index (χ4n) is 1.98. The summed E-state index contributed by atoms with van der Waals surface area (Å²) < 4.78 is 0. The Morgan fingerprint density at radius 2 is 1.79 bits per heavy atom. The number of hydrogen-bond donors (Lipinski definition) is 6. The lowest BCUT2D eigenvalue weighted by molar-refractivity contribution is -0.0794. The first-order chi connectivity index (χ1) is 6.52. The zero-order valence-electron chi connectivity index (χ0n) is 7.41. The summed E-state index contributed by atoms with van der Waals surface area (Å²) in [5.74, 6) is 0.107. The van der Waals surface area contributed by atoms with Gasteiger partial charge in [-0.05, 0) is 0 Å². The molecular weight excluding hydrogens is 188 g/mol. The second-order valence-electron chi connectivity index (χ2n) is 3.72. The van der Waals surface area contributed by atoms with Gasteiger partial charge >= 0.3 is 0 Å². The third kappa shape index (κ3) is 1.17. The average molecular weight is 202 g/mol. The van der Waals surface area contributed by atoms with Gasteiger partial charge in [0.15, 0.2) is 5.96 Å². The molecule has 14 heavy (non-hydrogen) atoms. The lowest BCUT2D eigenvalue weighted by Gasteiger charge is -2.46. The van der Waals surface area contributed by atoms with Gasteiger partial charge in [0, 0.05) is 0 Å². The molecule has 0 spiro atoms. The fourth-order valence-corrected chi connectivity index (χ4v) is 1.98. The third-order valence-corrected chi connectivity index (χ3v) is 2.83. The Morgan fingerprint density at radius 3 is 2.43 bits per heavy atom. The van der Waals surface area contributed by atoms with Crippen LogP contribution in [0.5, 0.6) is 0 Å². The van der Waals surface area contributed by atoms with E-state index in [4.69, 9.17) is 11.5 Å². The quantitative estimate of drug-likeness (QED) is 0.237. The Morgan fingerprint density at radius 1 is 1.14 bits per heavy atom. The smallest absolute Gasteiger partial charge is 0.189 e. The van der Waals surface area contributed by atoms with Crippen molar-refractivity contribution in [2.24, 2.45) is 16.5 Å². The highest BCUT2D eigenvalue weighted by Gasteiger charge is 2.50. The largest absolute Gasteiger partial charge is 0.389 e. The maximum atomic E-state index is 9.66. The Labute approximate surface area is 80.4 Å². The van der Waals surface area contributed by atoms with Crippen molar-refractivity contribution in [3.05, 3.63) is 0 Å². The molecule has 6 atom stereocenters. The van der Waals surface area contributed by atoms with Crippen LogP contribution in [0.4, 0.5) is 0 Å². The van der Waals surface area contributed by atoms with Gasteiger partial charge in [0.1, 0.15) is 12.1 Å². The normalized spacial score (nSPS) is 52.1. The van der Waals surface area contributed by atoms with E-state index in [2.05, 4.69) is 10.3 Å². The van der Waals surface area contributed by atoms with Gasteiger partial charge in [0.2, 0.25) is 0 Å². The van der Waals surface area contributed by atoms with Crippen LogP contribution in [0.2, 0.25) is 0 Å². The van der Waals surface area contributed by atoms with E-state index in [1.807, 2.05) is 0 Å². The molecule has 0 unspecified atom stereocenters. The van der Waals surface area contributed by atoms with E-state index >= 15 is 0 Å². The van der Waals surface area contributed by atoms with Crippen LogP contribution in [0.15, 0.2) is 4.99 Å². The van der Waals surface area contributed by atoms with Crippen LogP contribution in [0.1, 0.15) is 0 Å². The highest BCUT2D eigenvalue weighted by Crippen LogP contribution is 2.24. The highest BCUT2D eigenvalue weighted by molar-refractivity contribution is 5.79. The predicted octanol–water partition coefficient (Wildman–Crippen LogP) is -3.93. The van der Waals surface area contributed by atoms with Crippen molar-refractivity contribution in [2.45, 2.75) is 36.4 Å². The molecule has 7 heteroatoms. The summed E-state index contributed by atoms with van der Waals surface area (Å²) in [6.07, 6.45) is -3.07. The predicted molar refractivity (Wildman–Crippen MR) is 48.3 cm³/mol. The number of guanidine groups is 1. The summed E-state index contributed by atoms with van der Waals surface area (Å²) >= 11 is 0. The topological polar surface area (TPSA) is 137 Å². The Balaban J connectivity index is 2.34. The SMILES string of the molecule is NC1=N[C@H]2[C@H](O)[C@@H](N)[C@H](O)[C@@H](N1)[C@@H]2O. The van der Waals surface area contributed by atoms with Gasteiger partial charge in [-0.2, -0.15) is 0 Å². The molecule has 1 saturated carbocycles. The summed E-state index contributed by atoms with van der Waals surface area (Å²) in [6, 6.07) is -2.23. The van der Waals surface area contributed by atoms with Crippen LogP contribution in [0, 0.1) is 0 Å². The zero-order valence-corrected chi connectivity index (χ0v) is 7.41. The standard InChI is InChI=1S/C7H14N4O3/c8-1-4(12)2-6(14)3(5(1)13)11-7(9)10-2/h1-6,12-14H,8H2,(H3,9,10,11)/t1-,2+,3-,4-,5+,6-. The van der Waals surface area contributed by atoms with E-state index in [9.17, 15) is 15.3 Å². The molecule has 0 aromatic carbocycles. The lowest BCUT2D eigenvalue weighted by atomic mass is 9.80. The van der Waals surface area contributed by atoms with E-state index < -0.39 is 36.4 Å². The molecule has 2 bridgehead atoms. The number of fused-ring (bicyclic) bond motifs is 2. The third-order valence-electron chi connectivity index (χ3n) is 2.83. The number of nitrogens with one attached hydrogen (secondary N) is 1. The molecule has 8 N–H and O–H groups in total. The molecule has 1 heterocycles. The summed E-state index contributed by atoms with van der Waals surface area (Å²) in [7, 11) is 0. The molecule has 0 radical (unpaired) electrons. The van der Waals surface area contributed by atoms with Gasteiger partial charge in [-0.25, -0.2) is 4.99 Å². The van der Waals surface area contributed by atoms with Crippen LogP contribution < -0.4 is 16.8 Å². The van der Waals surface area contributed by atoms with Crippen LogP contribution in [0.25, 0.3) is 0 Å². The lowest BCUT2D eigenvalue weighted by Crippen LogP contribution is -2.73. The minimum absolute atomic E-state index is 0.107. The summed E-state index contributed by atoms with van der Waals surface area (Å²) in [5, 5.41) is 31.5. The first-order valence-electron chi connectivity index (χ1n) is 4.42. The van der Waals surface area contributed by atoms with Crippen LogP contribution in [-0.2, 0) is 0 Å². The fraction of sp³-hybridized carbons (Fsp3) is 0.857. The molecule has 7 nitrogen and oxygen atoms in total. The Bertz CT molecular complexity index is 272. The van der Waals surface area contributed by atoms with Crippen LogP contribution >= 0.6 is 0 Å². The Hall–Kier alpha value is -0.890. The van der Waals surface area contributed by atoms with E-state index in [1.54, 1.807) is 0 Å². The molecule has 2 rings (SSSR count). The molecule has 1 aliphatic carbocycles. The number of nitrogens with zero attached hydrogens (tertiary/aromatic N) is 1. The maximum Gasteiger partial charge on any atom is 0.189 e. The number of hydrogen-bond acceptors (Lipinski definition) is 7.